The molecular formula is C14H18FN3O. The van der Waals surface area contributed by atoms with Crippen molar-refractivity contribution < 1.29 is 8.91 Å². The van der Waals surface area contributed by atoms with Crippen LogP contribution in [0.4, 0.5) is 4.39 Å². The van der Waals surface area contributed by atoms with E-state index in [1.54, 1.807) is 6.07 Å². The molecule has 0 radical (unpaired) electrons. The van der Waals surface area contributed by atoms with Crippen LogP contribution in [-0.2, 0) is 6.54 Å². The van der Waals surface area contributed by atoms with Gasteiger partial charge >= 0.3 is 0 Å². The van der Waals surface area contributed by atoms with Crippen LogP contribution in [0.1, 0.15) is 31.7 Å². The van der Waals surface area contributed by atoms with E-state index in [1.165, 1.54) is 12.1 Å². The molecule has 1 atom stereocenters. The Balaban J connectivity index is 2.12. The van der Waals surface area contributed by atoms with Crippen LogP contribution in [-0.4, -0.2) is 16.2 Å². The fourth-order valence-electron chi connectivity index (χ4n) is 1.72. The number of aromatic nitrogens is 2. The van der Waals surface area contributed by atoms with Gasteiger partial charge in [-0.25, -0.2) is 4.39 Å². The van der Waals surface area contributed by atoms with Crippen LogP contribution in [0.25, 0.3) is 11.4 Å². The maximum atomic E-state index is 13.0. The van der Waals surface area contributed by atoms with Crippen molar-refractivity contribution in [2.45, 2.75) is 39.8 Å². The summed E-state index contributed by atoms with van der Waals surface area (Å²) in [6.07, 6.45) is 1.04. The van der Waals surface area contributed by atoms with Gasteiger partial charge in [-0.1, -0.05) is 12.1 Å². The molecule has 102 valence electrons. The molecule has 0 aliphatic carbocycles. The molecule has 19 heavy (non-hydrogen) atoms. The van der Waals surface area contributed by atoms with Crippen LogP contribution < -0.4 is 5.32 Å². The van der Waals surface area contributed by atoms with Gasteiger partial charge in [0.2, 0.25) is 11.7 Å². The smallest absolute Gasteiger partial charge is 0.240 e. The molecule has 4 nitrogen and oxygen atoms in total. The number of hydrogen-bond acceptors (Lipinski definition) is 4. The molecule has 0 saturated carbocycles. The minimum absolute atomic E-state index is 0.261. The molecule has 0 bridgehead atoms. The highest BCUT2D eigenvalue weighted by molar-refractivity contribution is 5.59. The molecule has 0 saturated heterocycles. The number of halogens is 1. The molecule has 0 spiro atoms. The third-order valence-corrected chi connectivity index (χ3v) is 3.11. The summed E-state index contributed by atoms with van der Waals surface area (Å²) >= 11 is 0. The number of nitrogens with zero attached hydrogens (tertiary/aromatic N) is 2. The Bertz CT molecular complexity index is 553. The van der Waals surface area contributed by atoms with Crippen LogP contribution in [0, 0.1) is 12.7 Å². The lowest BCUT2D eigenvalue weighted by molar-refractivity contribution is 0.358. The van der Waals surface area contributed by atoms with Gasteiger partial charge in [0.1, 0.15) is 5.82 Å². The maximum absolute atomic E-state index is 13.0. The van der Waals surface area contributed by atoms with E-state index in [0.717, 1.165) is 17.5 Å². The Hall–Kier alpha value is -1.75. The predicted octanol–water partition coefficient (Wildman–Crippen LogP) is 3.07. The van der Waals surface area contributed by atoms with Crippen molar-refractivity contribution in [2.75, 3.05) is 0 Å². The van der Waals surface area contributed by atoms with E-state index in [-0.39, 0.29) is 5.82 Å². The van der Waals surface area contributed by atoms with Gasteiger partial charge in [0.15, 0.2) is 0 Å². The van der Waals surface area contributed by atoms with Crippen LogP contribution in [0.2, 0.25) is 0 Å². The Morgan fingerprint density at radius 1 is 1.42 bits per heavy atom. The van der Waals surface area contributed by atoms with Crippen molar-refractivity contribution in [3.63, 3.8) is 0 Å². The third kappa shape index (κ3) is 3.38. The molecule has 1 heterocycles. The van der Waals surface area contributed by atoms with E-state index in [4.69, 9.17) is 4.52 Å². The standard InChI is InChI=1S/C14H18FN3O/c1-4-10(3)16-8-13-17-14(18-19-13)12-6-5-11(15)7-9(12)2/h5-7,10,16H,4,8H2,1-3H3. The Morgan fingerprint density at radius 3 is 2.89 bits per heavy atom. The normalized spacial score (nSPS) is 12.6. The van der Waals surface area contributed by atoms with Crippen LogP contribution >= 0.6 is 0 Å². The SMILES string of the molecule is CCC(C)NCc1nc(-c2ccc(F)cc2C)no1. The molecular weight excluding hydrogens is 245 g/mol. The summed E-state index contributed by atoms with van der Waals surface area (Å²) in [5.41, 5.74) is 1.59. The lowest BCUT2D eigenvalue weighted by Gasteiger charge is -2.07. The van der Waals surface area contributed by atoms with Crippen LogP contribution in [0.3, 0.4) is 0 Å². The molecule has 0 aliphatic heterocycles. The second-order valence-corrected chi connectivity index (χ2v) is 4.66. The lowest BCUT2D eigenvalue weighted by atomic mass is 10.1. The molecule has 0 aliphatic rings. The Kier molecular flexibility index (Phi) is 4.27. The zero-order valence-corrected chi connectivity index (χ0v) is 11.4. The highest BCUT2D eigenvalue weighted by atomic mass is 19.1. The summed E-state index contributed by atoms with van der Waals surface area (Å²) in [5.74, 6) is 0.779. The summed E-state index contributed by atoms with van der Waals surface area (Å²) in [7, 11) is 0. The first-order valence-corrected chi connectivity index (χ1v) is 6.42. The number of aryl methyl sites for hydroxylation is 1. The van der Waals surface area contributed by atoms with Gasteiger partial charge in [0, 0.05) is 11.6 Å². The third-order valence-electron chi connectivity index (χ3n) is 3.11. The quantitative estimate of drug-likeness (QED) is 0.900. The summed E-state index contributed by atoms with van der Waals surface area (Å²) < 4.78 is 18.2. The van der Waals surface area contributed by atoms with Gasteiger partial charge in [-0.15, -0.1) is 0 Å². The van der Waals surface area contributed by atoms with Gasteiger partial charge < -0.3 is 9.84 Å². The highest BCUT2D eigenvalue weighted by Crippen LogP contribution is 2.21. The highest BCUT2D eigenvalue weighted by Gasteiger charge is 2.11. The van der Waals surface area contributed by atoms with E-state index in [9.17, 15) is 4.39 Å². The van der Waals surface area contributed by atoms with E-state index >= 15 is 0 Å². The first-order valence-electron chi connectivity index (χ1n) is 6.42. The first kappa shape index (κ1) is 13.7. The molecule has 0 amide bonds. The zero-order chi connectivity index (χ0) is 13.8. The Morgan fingerprint density at radius 2 is 2.21 bits per heavy atom. The lowest BCUT2D eigenvalue weighted by Crippen LogP contribution is -2.24. The topological polar surface area (TPSA) is 51.0 Å². The van der Waals surface area contributed by atoms with Crippen molar-refractivity contribution in [3.05, 3.63) is 35.5 Å². The predicted molar refractivity (Wildman–Crippen MR) is 71.0 cm³/mol. The summed E-state index contributed by atoms with van der Waals surface area (Å²) in [6.45, 7) is 6.58. The molecule has 1 aromatic heterocycles. The van der Waals surface area contributed by atoms with Gasteiger partial charge in [0.05, 0.1) is 6.54 Å². The van der Waals surface area contributed by atoms with E-state index < -0.39 is 0 Å². The largest absolute Gasteiger partial charge is 0.338 e. The minimum Gasteiger partial charge on any atom is -0.338 e. The zero-order valence-electron chi connectivity index (χ0n) is 11.4. The number of hydrogen-bond donors (Lipinski definition) is 1. The first-order chi connectivity index (χ1) is 9.10. The van der Waals surface area contributed by atoms with E-state index in [2.05, 4.69) is 29.3 Å². The van der Waals surface area contributed by atoms with Gasteiger partial charge in [-0.05, 0) is 44.0 Å². The molecule has 5 heteroatoms. The van der Waals surface area contributed by atoms with Crippen molar-refractivity contribution in [3.8, 4) is 11.4 Å². The van der Waals surface area contributed by atoms with Gasteiger partial charge in [-0.3, -0.25) is 0 Å². The average molecular weight is 263 g/mol. The number of nitrogens with one attached hydrogen (secondary N) is 1. The number of rotatable bonds is 5. The van der Waals surface area contributed by atoms with Crippen molar-refractivity contribution in [1.82, 2.24) is 15.5 Å². The van der Waals surface area contributed by atoms with E-state index in [0.29, 0.717) is 24.3 Å². The number of benzene rings is 1. The molecule has 2 aromatic rings. The Labute approximate surface area is 112 Å². The maximum Gasteiger partial charge on any atom is 0.240 e. The average Bonchev–Trinajstić information content (AvgIpc) is 2.84. The monoisotopic (exact) mass is 263 g/mol. The second-order valence-electron chi connectivity index (χ2n) is 4.66. The molecule has 0 fully saturated rings. The second kappa shape index (κ2) is 5.93. The summed E-state index contributed by atoms with van der Waals surface area (Å²) in [4.78, 5) is 4.31. The molecule has 1 aromatic carbocycles. The van der Waals surface area contributed by atoms with Gasteiger partial charge in [-0.2, -0.15) is 4.98 Å². The fourth-order valence-corrected chi connectivity index (χ4v) is 1.72. The molecule has 1 N–H and O–H groups in total. The van der Waals surface area contributed by atoms with Crippen molar-refractivity contribution in [2.24, 2.45) is 0 Å². The van der Waals surface area contributed by atoms with Crippen LogP contribution in [0.5, 0.6) is 0 Å². The van der Waals surface area contributed by atoms with Crippen LogP contribution in [0.15, 0.2) is 22.7 Å². The fraction of sp³-hybridized carbons (Fsp3) is 0.429. The van der Waals surface area contributed by atoms with Crippen molar-refractivity contribution in [1.29, 1.82) is 0 Å². The van der Waals surface area contributed by atoms with Gasteiger partial charge in [0.25, 0.3) is 0 Å². The molecule has 2 rings (SSSR count). The van der Waals surface area contributed by atoms with Crippen molar-refractivity contribution >= 4 is 0 Å². The minimum atomic E-state index is -0.261. The summed E-state index contributed by atoms with van der Waals surface area (Å²) in [6, 6.07) is 4.93. The summed E-state index contributed by atoms with van der Waals surface area (Å²) in [5, 5.41) is 7.21. The molecule has 1 unspecified atom stereocenters. The van der Waals surface area contributed by atoms with E-state index in [1.807, 2.05) is 6.92 Å².